The van der Waals surface area contributed by atoms with E-state index < -0.39 is 53.6 Å². The van der Waals surface area contributed by atoms with Gasteiger partial charge in [0.25, 0.3) is 0 Å². The number of aryl methyl sites for hydroxylation is 3. The molecule has 0 saturated carbocycles. The number of carboxylic acid groups (broad SMARTS) is 1. The van der Waals surface area contributed by atoms with E-state index >= 15 is 0 Å². The summed E-state index contributed by atoms with van der Waals surface area (Å²) in [5.41, 5.74) is 13.3. The average Bonchev–Trinajstić information content (AvgIpc) is 1.64. The molecule has 3 aromatic heterocycles. The van der Waals surface area contributed by atoms with Crippen LogP contribution in [-0.4, -0.2) is 155 Å². The smallest absolute Gasteiger partial charge is 0.475 e. The third-order valence-corrected chi connectivity index (χ3v) is 17.0. The van der Waals surface area contributed by atoms with Crippen LogP contribution in [0.2, 0.25) is 5.02 Å². The van der Waals surface area contributed by atoms with Crippen LogP contribution in [0.5, 0.6) is 0 Å². The van der Waals surface area contributed by atoms with Gasteiger partial charge in [0, 0.05) is 47.0 Å². The van der Waals surface area contributed by atoms with Crippen molar-refractivity contribution in [3.05, 3.63) is 104 Å². The van der Waals surface area contributed by atoms with Gasteiger partial charge in [0.1, 0.15) is 41.7 Å². The number of alkyl halides is 3. The highest BCUT2D eigenvalue weighted by atomic mass is 35.5. The van der Waals surface area contributed by atoms with Gasteiger partial charge in [-0.3, -0.25) is 33.5 Å². The number of thiazole rings is 1. The molecule has 6 N–H and O–H groups in total. The number of hydrogen-bond acceptors (Lipinski definition) is 17. The Balaban J connectivity index is 0.00000166. The molecule has 5 aromatic rings. The first-order valence-electron chi connectivity index (χ1n) is 29.3. The zero-order chi connectivity index (χ0) is 64.1. The molecule has 21 nitrogen and oxygen atoms in total. The Hall–Kier alpha value is -6.68. The fraction of sp³-hybridized carbons (Fsp3) is 0.541. The Kier molecular flexibility index (Phi) is 27.0. The molecule has 0 radical (unpaired) electrons. The predicted octanol–water partition coefficient (Wildman–Crippen LogP) is 8.86. The number of nitrogens with two attached hydrogens (primary N) is 1. The minimum atomic E-state index is -5.08. The van der Waals surface area contributed by atoms with Gasteiger partial charge in [0.05, 0.1) is 67.8 Å². The minimum Gasteiger partial charge on any atom is -0.475 e. The topological polar surface area (TPSA) is 281 Å². The van der Waals surface area contributed by atoms with Crippen molar-refractivity contribution >= 4 is 75.6 Å². The van der Waals surface area contributed by atoms with Gasteiger partial charge in [-0.25, -0.2) is 9.78 Å². The van der Waals surface area contributed by atoms with Crippen molar-refractivity contribution in [1.29, 1.82) is 0 Å². The summed E-state index contributed by atoms with van der Waals surface area (Å²) in [6.45, 7) is 15.4. The normalized spacial score (nSPS) is 15.9. The Bertz CT molecular complexity index is 3170. The Morgan fingerprint density at radius 2 is 1.44 bits per heavy atom. The number of rotatable bonds is 30. The number of amides is 4. The third kappa shape index (κ3) is 20.7. The van der Waals surface area contributed by atoms with Gasteiger partial charge in [-0.15, -0.1) is 32.9 Å². The van der Waals surface area contributed by atoms with E-state index in [1.165, 1.54) is 4.90 Å². The maximum atomic E-state index is 14.6. The quantitative estimate of drug-likeness (QED) is 0.0212. The number of benzene rings is 2. The molecule has 27 heteroatoms. The van der Waals surface area contributed by atoms with Crippen molar-refractivity contribution in [2.75, 3.05) is 59.3 Å². The number of nitrogens with zero attached hydrogens (tertiary/aromatic N) is 6. The third-order valence-electron chi connectivity index (χ3n) is 14.6. The lowest BCUT2D eigenvalue weighted by Crippen LogP contribution is -2.58. The number of ether oxygens (including phenoxy) is 4. The van der Waals surface area contributed by atoms with Crippen LogP contribution < -0.4 is 21.7 Å². The molecular formula is C61H80ClF3N10O11S2. The van der Waals surface area contributed by atoms with Crippen molar-refractivity contribution in [3.8, 4) is 15.4 Å². The number of fused-ring (bicyclic) bond motifs is 3. The van der Waals surface area contributed by atoms with Crippen molar-refractivity contribution in [3.63, 3.8) is 0 Å². The van der Waals surface area contributed by atoms with Crippen LogP contribution in [0.3, 0.4) is 0 Å². The van der Waals surface area contributed by atoms with Crippen LogP contribution >= 0.6 is 34.3 Å². The van der Waals surface area contributed by atoms with Crippen molar-refractivity contribution in [2.24, 2.45) is 16.1 Å². The molecule has 0 bridgehead atoms. The van der Waals surface area contributed by atoms with Gasteiger partial charge in [0.15, 0.2) is 5.82 Å². The van der Waals surface area contributed by atoms with Crippen molar-refractivity contribution in [1.82, 2.24) is 40.6 Å². The molecule has 7 rings (SSSR count). The molecule has 480 valence electrons. The van der Waals surface area contributed by atoms with E-state index in [0.717, 1.165) is 92.5 Å². The number of unbranched alkanes of at least 4 members (excludes halogenated alkanes) is 6. The summed E-state index contributed by atoms with van der Waals surface area (Å²) in [5.74, 6) is -3.38. The number of nitrogens with one attached hydrogen (secondary N) is 3. The first kappa shape index (κ1) is 70.4. The minimum absolute atomic E-state index is 0.00647. The van der Waals surface area contributed by atoms with Gasteiger partial charge in [-0.2, -0.15) is 13.2 Å². The summed E-state index contributed by atoms with van der Waals surface area (Å²) >= 11 is 9.47. The number of esters is 1. The van der Waals surface area contributed by atoms with Crippen LogP contribution in [-0.2, 0) is 54.3 Å². The first-order valence-corrected chi connectivity index (χ1v) is 31.4. The molecule has 1 saturated heterocycles. The maximum Gasteiger partial charge on any atom is 0.490 e. The van der Waals surface area contributed by atoms with Crippen LogP contribution in [0, 0.1) is 33.1 Å². The lowest BCUT2D eigenvalue weighted by Gasteiger charge is -2.35. The molecule has 4 atom stereocenters. The zero-order valence-electron chi connectivity index (χ0n) is 50.8. The van der Waals surface area contributed by atoms with E-state index in [4.69, 9.17) is 51.2 Å². The standard InChI is InChI=1S/C59H79ClN10O9S2.C2HF3O2/c1-37-39(3)81-58-51(37)52(42-20-22-44(60)23-21-42)65-46(55-68-67-40(4)70(55)58)32-48(71)62-25-26-76-27-28-77-29-30-78-35-49(72)66-54(59(5,6)7)57(75)69-34-45(79-50(73)15-13-11-9-8-10-12-14-24-61)31-47(69)56(74)63-33-41-16-18-43(19-17-41)53-38(2)64-36-80-53;3-2(4,5)1(6)7/h16-23,36,45-47,54H,8-15,24-35,61H2,1-7H3,(H,62,71)(H,63,74)(H,66,72);(H,6,7)/t45-,46+,47+,54-;/m1./s1. The van der Waals surface area contributed by atoms with Gasteiger partial charge in [0.2, 0.25) is 23.6 Å². The monoisotopic (exact) mass is 1280 g/mol. The number of carboxylic acids is 1. The van der Waals surface area contributed by atoms with Gasteiger partial charge < -0.3 is 50.6 Å². The van der Waals surface area contributed by atoms with Crippen molar-refractivity contribution in [2.45, 2.75) is 150 Å². The van der Waals surface area contributed by atoms with E-state index in [9.17, 15) is 37.1 Å². The summed E-state index contributed by atoms with van der Waals surface area (Å²) in [5, 5.41) is 26.4. The second-order valence-electron chi connectivity index (χ2n) is 22.5. The average molecular weight is 1290 g/mol. The number of aromatic nitrogens is 4. The summed E-state index contributed by atoms with van der Waals surface area (Å²) < 4.78 is 56.7. The second kappa shape index (κ2) is 33.8. The molecule has 5 heterocycles. The summed E-state index contributed by atoms with van der Waals surface area (Å²) in [6, 6.07) is 12.9. The summed E-state index contributed by atoms with van der Waals surface area (Å²) in [7, 11) is 0. The van der Waals surface area contributed by atoms with Crippen LogP contribution in [0.4, 0.5) is 13.2 Å². The number of carbonyl (C=O) groups is 6. The van der Waals surface area contributed by atoms with Gasteiger partial charge >= 0.3 is 18.1 Å². The number of aliphatic imine (C=N–C) groups is 1. The molecule has 88 heavy (non-hydrogen) atoms. The van der Waals surface area contributed by atoms with Gasteiger partial charge in [-0.05, 0) is 81.3 Å². The van der Waals surface area contributed by atoms with Crippen LogP contribution in [0.25, 0.3) is 15.4 Å². The number of hydrogen-bond donors (Lipinski definition) is 5. The highest BCUT2D eigenvalue weighted by Crippen LogP contribution is 2.40. The molecular weight excluding hydrogens is 1210 g/mol. The highest BCUT2D eigenvalue weighted by molar-refractivity contribution is 7.15. The number of aliphatic carboxylic acids is 1. The molecule has 4 amide bonds. The number of halogens is 4. The van der Waals surface area contributed by atoms with Crippen molar-refractivity contribution < 1.29 is 66.0 Å². The van der Waals surface area contributed by atoms with Crippen LogP contribution in [0.1, 0.15) is 135 Å². The lowest BCUT2D eigenvalue weighted by atomic mass is 9.85. The maximum absolute atomic E-state index is 14.6. The van der Waals surface area contributed by atoms with E-state index in [-0.39, 0.29) is 96.3 Å². The Morgan fingerprint density at radius 1 is 0.818 bits per heavy atom. The molecule has 2 aliphatic heterocycles. The highest BCUT2D eigenvalue weighted by Gasteiger charge is 2.46. The Labute approximate surface area is 523 Å². The molecule has 0 spiro atoms. The fourth-order valence-corrected chi connectivity index (χ4v) is 12.0. The fourth-order valence-electron chi connectivity index (χ4n) is 9.84. The predicted molar refractivity (Wildman–Crippen MR) is 329 cm³/mol. The second-order valence-corrected chi connectivity index (χ2v) is 24.9. The molecule has 2 aliphatic rings. The van der Waals surface area contributed by atoms with E-state index in [0.29, 0.717) is 29.6 Å². The number of thiophene rings is 1. The van der Waals surface area contributed by atoms with E-state index in [1.807, 2.05) is 93.2 Å². The largest absolute Gasteiger partial charge is 0.490 e. The summed E-state index contributed by atoms with van der Waals surface area (Å²) in [6.07, 6.45) is 1.61. The Morgan fingerprint density at radius 3 is 2.07 bits per heavy atom. The number of likely N-dealkylation sites (tertiary alicyclic amines) is 1. The number of carbonyl (C=O) groups excluding carboxylic acids is 5. The SMILES string of the molecule is Cc1ncsc1-c1ccc(CNC(=O)[C@@H]2C[C@@H](OC(=O)CCCCCCCCCN)CN2C(=O)[C@@H](NC(=O)COCCOCCOCCNC(=O)C[C@@H]2N=C(c3ccc(Cl)cc3)c3c(sc(C)c3C)-n3c(C)nnc32)C(C)(C)C)cc1.O=C(O)C(F)(F)F. The molecule has 0 unspecified atom stereocenters. The van der Waals surface area contributed by atoms with E-state index in [2.05, 4.69) is 45.0 Å². The van der Waals surface area contributed by atoms with E-state index in [1.54, 1.807) is 22.7 Å². The molecule has 0 aliphatic carbocycles. The van der Waals surface area contributed by atoms with Crippen LogP contribution in [0.15, 0.2) is 59.0 Å². The molecule has 2 aromatic carbocycles. The molecule has 1 fully saturated rings. The summed E-state index contributed by atoms with van der Waals surface area (Å²) in [4.78, 5) is 90.5. The lowest BCUT2D eigenvalue weighted by molar-refractivity contribution is -0.192. The first-order chi connectivity index (χ1) is 41.9. The zero-order valence-corrected chi connectivity index (χ0v) is 53.2. The van der Waals surface area contributed by atoms with Gasteiger partial charge in [-0.1, -0.05) is 101 Å².